The van der Waals surface area contributed by atoms with E-state index in [0.29, 0.717) is 41.8 Å². The highest BCUT2D eigenvalue weighted by Gasteiger charge is 2.21. The largest absolute Gasteiger partial charge is 0.457 e. The summed E-state index contributed by atoms with van der Waals surface area (Å²) in [4.78, 5) is 8.71. The second kappa shape index (κ2) is 11.1. The van der Waals surface area contributed by atoms with Crippen molar-refractivity contribution in [1.82, 2.24) is 14.3 Å². The maximum atomic E-state index is 12.7. The number of para-hydroxylation sites is 1. The van der Waals surface area contributed by atoms with Gasteiger partial charge in [-0.1, -0.05) is 32.0 Å². The first-order valence-corrected chi connectivity index (χ1v) is 12.9. The Bertz CT molecular complexity index is 1390. The number of nitrogen functional groups attached to an aromatic ring is 1. The van der Waals surface area contributed by atoms with E-state index in [2.05, 4.69) is 20.6 Å². The van der Waals surface area contributed by atoms with Crippen LogP contribution in [0.15, 0.2) is 90.1 Å². The molecule has 0 bridgehead atoms. The number of nitrogens with two attached hydrogens (primary N) is 1. The predicted molar refractivity (Wildman–Crippen MR) is 143 cm³/mol. The maximum Gasteiger partial charge on any atom is 0.243 e. The van der Waals surface area contributed by atoms with Crippen molar-refractivity contribution in [1.29, 1.82) is 0 Å². The second-order valence-corrected chi connectivity index (χ2v) is 9.73. The van der Waals surface area contributed by atoms with E-state index in [1.54, 1.807) is 24.3 Å². The molecule has 0 atom stereocenters. The van der Waals surface area contributed by atoms with Crippen LogP contribution in [-0.2, 0) is 10.0 Å². The molecular formula is C26H28N6O3S. The molecular weight excluding hydrogens is 476 g/mol. The topological polar surface area (TPSA) is 122 Å². The van der Waals surface area contributed by atoms with Gasteiger partial charge in [-0.3, -0.25) is 0 Å². The zero-order valence-electron chi connectivity index (χ0n) is 20.0. The minimum atomic E-state index is -3.52. The number of nitrogens with one attached hydrogen (secondary N) is 2. The lowest BCUT2D eigenvalue weighted by atomic mass is 10.3. The van der Waals surface area contributed by atoms with Gasteiger partial charge in [-0.05, 0) is 60.7 Å². The van der Waals surface area contributed by atoms with E-state index in [4.69, 9.17) is 10.5 Å². The van der Waals surface area contributed by atoms with E-state index in [1.165, 1.54) is 10.6 Å². The average Bonchev–Trinajstić information content (AvgIpc) is 2.89. The van der Waals surface area contributed by atoms with Gasteiger partial charge in [0, 0.05) is 24.5 Å². The van der Waals surface area contributed by atoms with E-state index in [1.807, 2.05) is 68.4 Å². The van der Waals surface area contributed by atoms with Crippen molar-refractivity contribution in [2.45, 2.75) is 18.7 Å². The summed E-state index contributed by atoms with van der Waals surface area (Å²) in [6, 6.07) is 23.4. The maximum absolute atomic E-state index is 12.7. The SMILES string of the molecule is CCN(CC)S(=O)(=O)c1ccc(Nc2ncnc(Nc3ccc(Oc4ccccc4)cc3)c2N)cc1. The molecule has 0 aliphatic rings. The summed E-state index contributed by atoms with van der Waals surface area (Å²) in [5, 5.41) is 6.31. The van der Waals surface area contributed by atoms with Crippen molar-refractivity contribution in [2.75, 3.05) is 29.5 Å². The van der Waals surface area contributed by atoms with Crippen LogP contribution in [0.25, 0.3) is 0 Å². The van der Waals surface area contributed by atoms with Crippen LogP contribution in [0, 0.1) is 0 Å². The number of aromatic nitrogens is 2. The molecule has 3 aromatic carbocycles. The Balaban J connectivity index is 1.45. The number of nitrogens with zero attached hydrogens (tertiary/aromatic N) is 3. The summed E-state index contributed by atoms with van der Waals surface area (Å²) in [5.41, 5.74) is 8.05. The lowest BCUT2D eigenvalue weighted by molar-refractivity contribution is 0.445. The van der Waals surface area contributed by atoms with E-state index in [9.17, 15) is 8.42 Å². The van der Waals surface area contributed by atoms with Gasteiger partial charge in [-0.15, -0.1) is 0 Å². The van der Waals surface area contributed by atoms with Crippen LogP contribution in [0.1, 0.15) is 13.8 Å². The molecule has 0 aliphatic carbocycles. The molecule has 36 heavy (non-hydrogen) atoms. The molecule has 186 valence electrons. The number of hydrogen-bond donors (Lipinski definition) is 3. The fraction of sp³-hybridized carbons (Fsp3) is 0.154. The van der Waals surface area contributed by atoms with Gasteiger partial charge in [0.05, 0.1) is 4.90 Å². The van der Waals surface area contributed by atoms with E-state index in [-0.39, 0.29) is 4.90 Å². The smallest absolute Gasteiger partial charge is 0.243 e. The summed E-state index contributed by atoms with van der Waals surface area (Å²) in [6.45, 7) is 4.45. The van der Waals surface area contributed by atoms with E-state index >= 15 is 0 Å². The highest BCUT2D eigenvalue weighted by atomic mass is 32.2. The molecule has 0 saturated carbocycles. The normalized spacial score (nSPS) is 11.3. The molecule has 0 spiro atoms. The lowest BCUT2D eigenvalue weighted by Crippen LogP contribution is -2.30. The van der Waals surface area contributed by atoms with Crippen LogP contribution >= 0.6 is 0 Å². The summed E-state index contributed by atoms with van der Waals surface area (Å²) in [5.74, 6) is 2.30. The van der Waals surface area contributed by atoms with Crippen LogP contribution < -0.4 is 21.1 Å². The lowest BCUT2D eigenvalue weighted by Gasteiger charge is -2.18. The monoisotopic (exact) mass is 504 g/mol. The molecule has 4 N–H and O–H groups in total. The Morgan fingerprint density at radius 3 is 1.81 bits per heavy atom. The highest BCUT2D eigenvalue weighted by Crippen LogP contribution is 2.30. The molecule has 4 rings (SSSR count). The average molecular weight is 505 g/mol. The first-order chi connectivity index (χ1) is 17.4. The van der Waals surface area contributed by atoms with Gasteiger partial charge >= 0.3 is 0 Å². The Morgan fingerprint density at radius 1 is 0.778 bits per heavy atom. The molecule has 0 unspecified atom stereocenters. The van der Waals surface area contributed by atoms with Gasteiger partial charge in [0.2, 0.25) is 10.0 Å². The molecule has 9 nitrogen and oxygen atoms in total. The number of sulfonamides is 1. The standard InChI is InChI=1S/C26H28N6O3S/c1-3-32(4-2)36(33,34)23-16-12-20(13-17-23)31-26-24(27)25(28-18-29-26)30-19-10-14-22(15-11-19)35-21-8-6-5-7-9-21/h5-18H,3-4,27H2,1-2H3,(H2,28,29,30,31). The minimum absolute atomic E-state index is 0.231. The van der Waals surface area contributed by atoms with Crippen LogP contribution in [0.2, 0.25) is 0 Å². The molecule has 0 amide bonds. The van der Waals surface area contributed by atoms with Crippen molar-refractivity contribution < 1.29 is 13.2 Å². The molecule has 0 radical (unpaired) electrons. The third-order valence-corrected chi connectivity index (χ3v) is 7.50. The van der Waals surface area contributed by atoms with Crippen molar-refractivity contribution >= 4 is 38.7 Å². The number of anilines is 5. The predicted octanol–water partition coefficient (Wildman–Crippen LogP) is 5.37. The number of benzene rings is 3. The van der Waals surface area contributed by atoms with Crippen LogP contribution in [0.3, 0.4) is 0 Å². The molecule has 1 aromatic heterocycles. The fourth-order valence-electron chi connectivity index (χ4n) is 3.52. The Morgan fingerprint density at radius 2 is 1.28 bits per heavy atom. The Hall–Kier alpha value is -4.15. The van der Waals surface area contributed by atoms with Crippen molar-refractivity contribution in [3.8, 4) is 11.5 Å². The van der Waals surface area contributed by atoms with Crippen molar-refractivity contribution in [2.24, 2.45) is 0 Å². The third-order valence-electron chi connectivity index (χ3n) is 5.44. The van der Waals surface area contributed by atoms with Gasteiger partial charge in [0.15, 0.2) is 11.6 Å². The molecule has 4 aromatic rings. The summed E-state index contributed by atoms with van der Waals surface area (Å²) < 4.78 is 32.6. The van der Waals surface area contributed by atoms with E-state index in [0.717, 1.165) is 11.4 Å². The Kier molecular flexibility index (Phi) is 7.67. The van der Waals surface area contributed by atoms with Gasteiger partial charge < -0.3 is 21.1 Å². The van der Waals surface area contributed by atoms with Gasteiger partial charge in [-0.25, -0.2) is 18.4 Å². The zero-order chi connectivity index (χ0) is 25.5. The number of ether oxygens (including phenoxy) is 1. The number of hydrogen-bond acceptors (Lipinski definition) is 8. The van der Waals surface area contributed by atoms with Crippen LogP contribution in [-0.4, -0.2) is 35.8 Å². The molecule has 10 heteroatoms. The zero-order valence-corrected chi connectivity index (χ0v) is 20.9. The summed E-state index contributed by atoms with van der Waals surface area (Å²) in [6.07, 6.45) is 1.40. The van der Waals surface area contributed by atoms with Gasteiger partial charge in [0.1, 0.15) is 23.5 Å². The Labute approximate surface area is 211 Å². The van der Waals surface area contributed by atoms with E-state index < -0.39 is 10.0 Å². The van der Waals surface area contributed by atoms with Crippen molar-refractivity contribution in [3.05, 3.63) is 85.2 Å². The fourth-order valence-corrected chi connectivity index (χ4v) is 4.98. The van der Waals surface area contributed by atoms with Crippen LogP contribution in [0.5, 0.6) is 11.5 Å². The van der Waals surface area contributed by atoms with Crippen molar-refractivity contribution in [3.63, 3.8) is 0 Å². The summed E-state index contributed by atoms with van der Waals surface area (Å²) >= 11 is 0. The van der Waals surface area contributed by atoms with Crippen LogP contribution in [0.4, 0.5) is 28.7 Å². The minimum Gasteiger partial charge on any atom is -0.457 e. The second-order valence-electron chi connectivity index (χ2n) is 7.79. The summed E-state index contributed by atoms with van der Waals surface area (Å²) in [7, 11) is -3.52. The third kappa shape index (κ3) is 5.73. The molecule has 1 heterocycles. The first kappa shape index (κ1) is 25.0. The molecule has 0 saturated heterocycles. The highest BCUT2D eigenvalue weighted by molar-refractivity contribution is 7.89. The first-order valence-electron chi connectivity index (χ1n) is 11.5. The number of rotatable bonds is 10. The quantitative estimate of drug-likeness (QED) is 0.263. The van der Waals surface area contributed by atoms with Gasteiger partial charge in [0.25, 0.3) is 0 Å². The molecule has 0 fully saturated rings. The molecule has 0 aliphatic heterocycles. The van der Waals surface area contributed by atoms with Gasteiger partial charge in [-0.2, -0.15) is 4.31 Å².